The van der Waals surface area contributed by atoms with Crippen LogP contribution in [0.1, 0.15) is 31.2 Å². The Bertz CT molecular complexity index is 749. The van der Waals surface area contributed by atoms with Crippen molar-refractivity contribution in [2.45, 2.75) is 37.6 Å². The molecule has 0 unspecified atom stereocenters. The third-order valence-corrected chi connectivity index (χ3v) is 4.47. The van der Waals surface area contributed by atoms with E-state index in [1.54, 1.807) is 18.2 Å². The Kier molecular flexibility index (Phi) is 4.33. The zero-order chi connectivity index (χ0) is 17.2. The van der Waals surface area contributed by atoms with E-state index in [4.69, 9.17) is 5.11 Å². The van der Waals surface area contributed by atoms with Gasteiger partial charge in [-0.1, -0.05) is 25.0 Å². The van der Waals surface area contributed by atoms with Gasteiger partial charge in [-0.3, -0.25) is 14.3 Å². The number of carbonyl (C=O) groups is 2. The fourth-order valence-electron chi connectivity index (χ4n) is 3.29. The first-order chi connectivity index (χ1) is 11.5. The molecule has 1 saturated carbocycles. The number of carboxylic acids is 1. The molecule has 0 saturated heterocycles. The van der Waals surface area contributed by atoms with Crippen LogP contribution in [0.4, 0.5) is 10.2 Å². The van der Waals surface area contributed by atoms with Crippen LogP contribution in [-0.2, 0) is 21.5 Å². The summed E-state index contributed by atoms with van der Waals surface area (Å²) in [5, 5.41) is 15.6. The summed E-state index contributed by atoms with van der Waals surface area (Å²) >= 11 is 0. The van der Waals surface area contributed by atoms with E-state index in [0.29, 0.717) is 18.7 Å². The molecule has 0 aliphatic heterocycles. The molecule has 1 aliphatic rings. The van der Waals surface area contributed by atoms with Crippen LogP contribution in [0.3, 0.4) is 0 Å². The summed E-state index contributed by atoms with van der Waals surface area (Å²) in [5.41, 5.74) is 0.105. The van der Waals surface area contributed by atoms with Gasteiger partial charge in [-0.2, -0.15) is 5.10 Å². The Morgan fingerprint density at radius 3 is 2.50 bits per heavy atom. The highest BCUT2D eigenvalue weighted by atomic mass is 19.1. The van der Waals surface area contributed by atoms with Gasteiger partial charge in [0, 0.05) is 12.3 Å². The third kappa shape index (κ3) is 3.15. The Labute approximate surface area is 138 Å². The van der Waals surface area contributed by atoms with Gasteiger partial charge in [-0.25, -0.2) is 4.39 Å². The lowest BCUT2D eigenvalue weighted by atomic mass is 9.78. The first-order valence-corrected chi connectivity index (χ1v) is 7.82. The normalized spacial score (nSPS) is 16.0. The molecule has 2 N–H and O–H groups in total. The minimum Gasteiger partial charge on any atom is -0.480 e. The molecule has 126 valence electrons. The zero-order valence-corrected chi connectivity index (χ0v) is 13.0. The molecule has 1 aromatic heterocycles. The highest BCUT2D eigenvalue weighted by Crippen LogP contribution is 2.42. The molecule has 24 heavy (non-hydrogen) atoms. The van der Waals surface area contributed by atoms with Crippen LogP contribution >= 0.6 is 0 Å². The maximum absolute atomic E-state index is 13.2. The van der Waals surface area contributed by atoms with Gasteiger partial charge in [0.25, 0.3) is 0 Å². The summed E-state index contributed by atoms with van der Waals surface area (Å²) in [6.45, 7) is -0.265. The maximum atomic E-state index is 13.2. The highest BCUT2D eigenvalue weighted by molar-refractivity contribution is 5.98. The van der Waals surface area contributed by atoms with Crippen LogP contribution in [-0.4, -0.2) is 26.8 Å². The number of amides is 1. The van der Waals surface area contributed by atoms with Crippen molar-refractivity contribution in [3.63, 3.8) is 0 Å². The van der Waals surface area contributed by atoms with Crippen molar-refractivity contribution < 1.29 is 19.1 Å². The van der Waals surface area contributed by atoms with Crippen LogP contribution < -0.4 is 5.32 Å². The second-order valence-corrected chi connectivity index (χ2v) is 6.04. The molecule has 1 heterocycles. The molecule has 6 nitrogen and oxygen atoms in total. The van der Waals surface area contributed by atoms with Crippen molar-refractivity contribution in [2.75, 3.05) is 5.32 Å². The minimum absolute atomic E-state index is 0.188. The number of nitrogens with zero attached hydrogens (tertiary/aromatic N) is 2. The van der Waals surface area contributed by atoms with E-state index in [0.717, 1.165) is 18.4 Å². The second-order valence-electron chi connectivity index (χ2n) is 6.04. The lowest BCUT2D eigenvalue weighted by Gasteiger charge is -2.27. The van der Waals surface area contributed by atoms with E-state index in [1.165, 1.54) is 23.0 Å². The van der Waals surface area contributed by atoms with Gasteiger partial charge in [0.2, 0.25) is 5.91 Å². The Balaban J connectivity index is 1.81. The molecule has 2 aromatic rings. The summed E-state index contributed by atoms with van der Waals surface area (Å²) in [7, 11) is 0. The molecule has 1 aliphatic carbocycles. The lowest BCUT2D eigenvalue weighted by Crippen LogP contribution is -2.38. The summed E-state index contributed by atoms with van der Waals surface area (Å²) in [4.78, 5) is 23.6. The summed E-state index contributed by atoms with van der Waals surface area (Å²) in [6, 6.07) is 7.61. The first-order valence-electron chi connectivity index (χ1n) is 7.82. The van der Waals surface area contributed by atoms with Crippen molar-refractivity contribution >= 4 is 17.7 Å². The number of anilines is 1. The van der Waals surface area contributed by atoms with Crippen LogP contribution in [0.15, 0.2) is 36.5 Å². The van der Waals surface area contributed by atoms with Gasteiger partial charge < -0.3 is 10.4 Å². The maximum Gasteiger partial charge on any atom is 0.325 e. The lowest BCUT2D eigenvalue weighted by molar-refractivity contribution is -0.137. The first kappa shape index (κ1) is 16.2. The molecule has 0 spiro atoms. The summed E-state index contributed by atoms with van der Waals surface area (Å²) in [6.07, 6.45) is 4.75. The average Bonchev–Trinajstić information content (AvgIpc) is 3.18. The van der Waals surface area contributed by atoms with Crippen LogP contribution in [0.2, 0.25) is 0 Å². The number of rotatable bonds is 5. The Hall–Kier alpha value is -2.70. The van der Waals surface area contributed by atoms with Crippen LogP contribution in [0, 0.1) is 5.82 Å². The van der Waals surface area contributed by atoms with Gasteiger partial charge >= 0.3 is 5.97 Å². The van der Waals surface area contributed by atoms with Crippen molar-refractivity contribution in [3.8, 4) is 0 Å². The quantitative estimate of drug-likeness (QED) is 0.882. The van der Waals surface area contributed by atoms with Gasteiger partial charge in [0.15, 0.2) is 5.82 Å². The monoisotopic (exact) mass is 331 g/mol. The van der Waals surface area contributed by atoms with Gasteiger partial charge in [0.1, 0.15) is 12.4 Å². The summed E-state index contributed by atoms with van der Waals surface area (Å²) < 4.78 is 14.4. The van der Waals surface area contributed by atoms with E-state index in [1.807, 2.05) is 0 Å². The van der Waals surface area contributed by atoms with Crippen molar-refractivity contribution in [3.05, 3.63) is 47.9 Å². The SMILES string of the molecule is O=C(O)Cn1ccc(NC(=O)C2(c3ccc(F)cc3)CCCC2)n1. The standard InChI is InChI=1S/C17H18FN3O3/c18-13-5-3-12(4-6-13)17(8-1-2-9-17)16(24)19-14-7-10-21(20-14)11-15(22)23/h3-7,10H,1-2,8-9,11H2,(H,22,23)(H,19,20,24). The smallest absolute Gasteiger partial charge is 0.325 e. The predicted molar refractivity (Wildman–Crippen MR) is 85.0 cm³/mol. The van der Waals surface area contributed by atoms with Gasteiger partial charge in [-0.05, 0) is 30.5 Å². The molecule has 1 amide bonds. The highest BCUT2D eigenvalue weighted by Gasteiger charge is 2.42. The summed E-state index contributed by atoms with van der Waals surface area (Å²) in [5.74, 6) is -1.21. The van der Waals surface area contributed by atoms with E-state index < -0.39 is 11.4 Å². The van der Waals surface area contributed by atoms with Crippen molar-refractivity contribution in [1.82, 2.24) is 9.78 Å². The molecular weight excluding hydrogens is 313 g/mol. The zero-order valence-electron chi connectivity index (χ0n) is 13.0. The number of hydrogen-bond acceptors (Lipinski definition) is 3. The number of nitrogens with one attached hydrogen (secondary N) is 1. The van der Waals surface area contributed by atoms with E-state index >= 15 is 0 Å². The fraction of sp³-hybridized carbons (Fsp3) is 0.353. The number of hydrogen-bond donors (Lipinski definition) is 2. The number of aromatic nitrogens is 2. The molecular formula is C17H18FN3O3. The van der Waals surface area contributed by atoms with E-state index in [2.05, 4.69) is 10.4 Å². The van der Waals surface area contributed by atoms with Gasteiger partial charge in [-0.15, -0.1) is 0 Å². The number of benzene rings is 1. The fourth-order valence-corrected chi connectivity index (χ4v) is 3.29. The topological polar surface area (TPSA) is 84.2 Å². The van der Waals surface area contributed by atoms with Gasteiger partial charge in [0.05, 0.1) is 5.41 Å². The molecule has 7 heteroatoms. The average molecular weight is 331 g/mol. The second kappa shape index (κ2) is 6.43. The molecule has 0 bridgehead atoms. The molecule has 1 fully saturated rings. The molecule has 0 radical (unpaired) electrons. The number of halogens is 1. The predicted octanol–water partition coefficient (Wildman–Crippen LogP) is 2.56. The molecule has 3 rings (SSSR count). The number of carboxylic acid groups (broad SMARTS) is 1. The molecule has 1 aromatic carbocycles. The minimum atomic E-state index is -1.01. The largest absolute Gasteiger partial charge is 0.480 e. The Morgan fingerprint density at radius 2 is 1.88 bits per heavy atom. The van der Waals surface area contributed by atoms with E-state index in [9.17, 15) is 14.0 Å². The van der Waals surface area contributed by atoms with Crippen LogP contribution in [0.5, 0.6) is 0 Å². The number of aliphatic carboxylic acids is 1. The van der Waals surface area contributed by atoms with E-state index in [-0.39, 0.29) is 18.3 Å². The third-order valence-electron chi connectivity index (χ3n) is 4.47. The van der Waals surface area contributed by atoms with Crippen molar-refractivity contribution in [2.24, 2.45) is 0 Å². The number of carbonyl (C=O) groups excluding carboxylic acids is 1. The molecule has 0 atom stereocenters. The Morgan fingerprint density at radius 1 is 1.21 bits per heavy atom. The van der Waals surface area contributed by atoms with Crippen LogP contribution in [0.25, 0.3) is 0 Å². The van der Waals surface area contributed by atoms with Crippen molar-refractivity contribution in [1.29, 1.82) is 0 Å².